The van der Waals surface area contributed by atoms with Crippen molar-refractivity contribution in [1.82, 2.24) is 4.90 Å². The minimum Gasteiger partial charge on any atom is -0.481 e. The molecule has 1 unspecified atom stereocenters. The van der Waals surface area contributed by atoms with Crippen LogP contribution in [-0.4, -0.2) is 36.1 Å². The highest BCUT2D eigenvalue weighted by Crippen LogP contribution is 2.13. The van der Waals surface area contributed by atoms with Gasteiger partial charge >= 0.3 is 5.97 Å². The van der Waals surface area contributed by atoms with Crippen molar-refractivity contribution in [3.05, 3.63) is 0 Å². The number of carboxylic acids is 1. The minimum absolute atomic E-state index is 0.265. The van der Waals surface area contributed by atoms with Crippen LogP contribution in [0.5, 0.6) is 0 Å². The number of nitrogens with zero attached hydrogens (tertiary/aromatic N) is 1. The molecular formula is C9H19NO2. The lowest BCUT2D eigenvalue weighted by molar-refractivity contribution is -0.137. The maximum atomic E-state index is 10.3. The standard InChI is InChI=1S/C9H19NO2/c1-7(2)8(10(3)4)5-6-9(11)12/h7-8H,5-6H2,1-4H3,(H,11,12). The zero-order valence-electron chi connectivity index (χ0n) is 8.37. The van der Waals surface area contributed by atoms with Crippen LogP contribution in [-0.2, 0) is 4.79 Å². The topological polar surface area (TPSA) is 40.5 Å². The lowest BCUT2D eigenvalue weighted by Gasteiger charge is -2.27. The van der Waals surface area contributed by atoms with Crippen LogP contribution >= 0.6 is 0 Å². The fourth-order valence-corrected chi connectivity index (χ4v) is 1.46. The summed E-state index contributed by atoms with van der Waals surface area (Å²) in [6, 6.07) is 0.376. The Labute approximate surface area is 74.4 Å². The number of rotatable bonds is 5. The predicted octanol–water partition coefficient (Wildman–Crippen LogP) is 1.44. The molecular weight excluding hydrogens is 154 g/mol. The van der Waals surface area contributed by atoms with Crippen molar-refractivity contribution in [2.75, 3.05) is 14.1 Å². The van der Waals surface area contributed by atoms with Gasteiger partial charge in [-0.25, -0.2) is 0 Å². The molecule has 0 aliphatic rings. The van der Waals surface area contributed by atoms with Gasteiger partial charge in [0.25, 0.3) is 0 Å². The molecule has 1 atom stereocenters. The number of aliphatic carboxylic acids is 1. The monoisotopic (exact) mass is 173 g/mol. The summed E-state index contributed by atoms with van der Waals surface area (Å²) in [7, 11) is 3.99. The number of carbonyl (C=O) groups is 1. The van der Waals surface area contributed by atoms with Gasteiger partial charge in [0.1, 0.15) is 0 Å². The van der Waals surface area contributed by atoms with Gasteiger partial charge in [0.05, 0.1) is 0 Å². The molecule has 1 N–H and O–H groups in total. The summed E-state index contributed by atoms with van der Waals surface area (Å²) in [5.41, 5.74) is 0. The Morgan fingerprint density at radius 1 is 1.42 bits per heavy atom. The average molecular weight is 173 g/mol. The van der Waals surface area contributed by atoms with E-state index in [1.54, 1.807) is 0 Å². The van der Waals surface area contributed by atoms with E-state index in [4.69, 9.17) is 5.11 Å². The van der Waals surface area contributed by atoms with Crippen molar-refractivity contribution in [1.29, 1.82) is 0 Å². The molecule has 72 valence electrons. The Morgan fingerprint density at radius 3 is 2.17 bits per heavy atom. The Bertz CT molecular complexity index is 135. The van der Waals surface area contributed by atoms with E-state index in [1.807, 2.05) is 14.1 Å². The highest BCUT2D eigenvalue weighted by molar-refractivity contribution is 5.66. The van der Waals surface area contributed by atoms with Crippen LogP contribution in [0.15, 0.2) is 0 Å². The largest absolute Gasteiger partial charge is 0.481 e. The van der Waals surface area contributed by atoms with Crippen LogP contribution in [0.1, 0.15) is 26.7 Å². The van der Waals surface area contributed by atoms with Crippen LogP contribution in [0.4, 0.5) is 0 Å². The second kappa shape index (κ2) is 5.14. The molecule has 0 bridgehead atoms. The van der Waals surface area contributed by atoms with E-state index in [1.165, 1.54) is 0 Å². The van der Waals surface area contributed by atoms with E-state index in [0.29, 0.717) is 12.0 Å². The fraction of sp³-hybridized carbons (Fsp3) is 0.889. The molecule has 3 heteroatoms. The molecule has 0 aliphatic heterocycles. The molecule has 0 radical (unpaired) electrons. The summed E-state index contributed by atoms with van der Waals surface area (Å²) in [4.78, 5) is 12.4. The fourth-order valence-electron chi connectivity index (χ4n) is 1.46. The quantitative estimate of drug-likeness (QED) is 0.684. The Balaban J connectivity index is 3.88. The van der Waals surface area contributed by atoms with Crippen molar-refractivity contribution in [3.8, 4) is 0 Å². The first-order chi connectivity index (χ1) is 5.45. The third-order valence-corrected chi connectivity index (χ3v) is 2.09. The van der Waals surface area contributed by atoms with Gasteiger partial charge in [0, 0.05) is 12.5 Å². The maximum Gasteiger partial charge on any atom is 0.303 e. The second-order valence-corrected chi connectivity index (χ2v) is 3.71. The molecule has 3 nitrogen and oxygen atoms in total. The third kappa shape index (κ3) is 4.34. The molecule has 0 rings (SSSR count). The summed E-state index contributed by atoms with van der Waals surface area (Å²) in [6.07, 6.45) is 1.00. The highest BCUT2D eigenvalue weighted by Gasteiger charge is 2.16. The second-order valence-electron chi connectivity index (χ2n) is 3.71. The van der Waals surface area contributed by atoms with Gasteiger partial charge < -0.3 is 10.0 Å². The minimum atomic E-state index is -0.706. The lowest BCUT2D eigenvalue weighted by Crippen LogP contribution is -2.33. The molecule has 0 aromatic carbocycles. The number of hydrogen-bond acceptors (Lipinski definition) is 2. The molecule has 0 spiro atoms. The summed E-state index contributed by atoms with van der Waals surface area (Å²) < 4.78 is 0. The first-order valence-corrected chi connectivity index (χ1v) is 4.33. The Hall–Kier alpha value is -0.570. The SMILES string of the molecule is CC(C)C(CCC(=O)O)N(C)C. The summed E-state index contributed by atoms with van der Waals surface area (Å²) >= 11 is 0. The highest BCUT2D eigenvalue weighted by atomic mass is 16.4. The van der Waals surface area contributed by atoms with Crippen LogP contribution in [0.2, 0.25) is 0 Å². The van der Waals surface area contributed by atoms with E-state index in [9.17, 15) is 4.79 Å². The molecule has 0 amide bonds. The maximum absolute atomic E-state index is 10.3. The molecule has 0 aromatic rings. The summed E-state index contributed by atoms with van der Waals surface area (Å²) in [6.45, 7) is 4.24. The van der Waals surface area contributed by atoms with Crippen molar-refractivity contribution < 1.29 is 9.90 Å². The zero-order valence-corrected chi connectivity index (χ0v) is 8.37. The van der Waals surface area contributed by atoms with Crippen molar-refractivity contribution in [3.63, 3.8) is 0 Å². The Kier molecular flexibility index (Phi) is 4.90. The first kappa shape index (κ1) is 11.4. The average Bonchev–Trinajstić information content (AvgIpc) is 1.84. The molecule has 0 heterocycles. The van der Waals surface area contributed by atoms with E-state index < -0.39 is 5.97 Å². The molecule has 0 fully saturated rings. The molecule has 0 aliphatic carbocycles. The van der Waals surface area contributed by atoms with Crippen LogP contribution in [0.25, 0.3) is 0 Å². The van der Waals surface area contributed by atoms with Gasteiger partial charge in [0.15, 0.2) is 0 Å². The number of hydrogen-bond donors (Lipinski definition) is 1. The van der Waals surface area contributed by atoms with E-state index in [-0.39, 0.29) is 6.42 Å². The smallest absolute Gasteiger partial charge is 0.303 e. The van der Waals surface area contributed by atoms with Crippen molar-refractivity contribution >= 4 is 5.97 Å². The van der Waals surface area contributed by atoms with Gasteiger partial charge in [0.2, 0.25) is 0 Å². The van der Waals surface area contributed by atoms with Gasteiger partial charge in [-0.15, -0.1) is 0 Å². The molecule has 0 saturated carbocycles. The van der Waals surface area contributed by atoms with Gasteiger partial charge in [-0.3, -0.25) is 4.79 Å². The van der Waals surface area contributed by atoms with E-state index >= 15 is 0 Å². The first-order valence-electron chi connectivity index (χ1n) is 4.33. The predicted molar refractivity (Wildman–Crippen MR) is 49.2 cm³/mol. The van der Waals surface area contributed by atoms with E-state index in [2.05, 4.69) is 18.7 Å². The Morgan fingerprint density at radius 2 is 1.92 bits per heavy atom. The third-order valence-electron chi connectivity index (χ3n) is 2.09. The molecule has 0 aromatic heterocycles. The summed E-state index contributed by atoms with van der Waals surface area (Å²) in [5, 5.41) is 8.51. The lowest BCUT2D eigenvalue weighted by atomic mass is 9.98. The molecule has 12 heavy (non-hydrogen) atoms. The molecule has 0 saturated heterocycles. The van der Waals surface area contributed by atoms with Crippen LogP contribution < -0.4 is 0 Å². The normalized spacial score (nSPS) is 13.8. The summed E-state index contributed by atoms with van der Waals surface area (Å²) in [5.74, 6) is -0.193. The van der Waals surface area contributed by atoms with Gasteiger partial charge in [-0.2, -0.15) is 0 Å². The van der Waals surface area contributed by atoms with Gasteiger partial charge in [-0.05, 0) is 26.4 Å². The van der Waals surface area contributed by atoms with Crippen LogP contribution in [0, 0.1) is 5.92 Å². The van der Waals surface area contributed by atoms with E-state index in [0.717, 1.165) is 6.42 Å². The van der Waals surface area contributed by atoms with Gasteiger partial charge in [-0.1, -0.05) is 13.8 Å². The van der Waals surface area contributed by atoms with Crippen molar-refractivity contribution in [2.24, 2.45) is 5.92 Å². The number of carboxylic acid groups (broad SMARTS) is 1. The van der Waals surface area contributed by atoms with Crippen molar-refractivity contribution in [2.45, 2.75) is 32.7 Å². The van der Waals surface area contributed by atoms with Crippen LogP contribution in [0.3, 0.4) is 0 Å². The zero-order chi connectivity index (χ0) is 9.72.